The molecule has 0 aromatic rings. The van der Waals surface area contributed by atoms with Gasteiger partial charge in [-0.2, -0.15) is 0 Å². The van der Waals surface area contributed by atoms with Crippen LogP contribution >= 0.6 is 0 Å². The van der Waals surface area contributed by atoms with Gasteiger partial charge in [0.05, 0.1) is 12.1 Å². The van der Waals surface area contributed by atoms with Gasteiger partial charge in [0.25, 0.3) is 0 Å². The van der Waals surface area contributed by atoms with Gasteiger partial charge in [-0.05, 0) is 31.1 Å². The second kappa shape index (κ2) is 3.44. The van der Waals surface area contributed by atoms with Gasteiger partial charge in [0.15, 0.2) is 0 Å². The monoisotopic (exact) mass is 196 g/mol. The predicted octanol–water partition coefficient (Wildman–Crippen LogP) is 1.83. The number of nitrogens with zero attached hydrogens (tertiary/aromatic N) is 1. The van der Waals surface area contributed by atoms with Crippen LogP contribution in [0.4, 0.5) is 4.79 Å². The second-order valence-corrected chi connectivity index (χ2v) is 5.05. The van der Waals surface area contributed by atoms with Crippen molar-refractivity contribution in [3.05, 3.63) is 0 Å². The molecule has 0 radical (unpaired) electrons. The molecule has 0 aromatic carbocycles. The van der Waals surface area contributed by atoms with Crippen LogP contribution in [0.3, 0.4) is 0 Å². The summed E-state index contributed by atoms with van der Waals surface area (Å²) in [6.07, 6.45) is 3.61. The zero-order valence-corrected chi connectivity index (χ0v) is 9.29. The number of amides is 2. The molecule has 0 bridgehead atoms. The van der Waals surface area contributed by atoms with Gasteiger partial charge in [0, 0.05) is 7.05 Å². The normalized spacial score (nSPS) is 37.3. The molecule has 80 valence electrons. The molecular formula is C11H20N2O. The van der Waals surface area contributed by atoms with Crippen LogP contribution in [-0.4, -0.2) is 30.1 Å². The first-order valence-electron chi connectivity index (χ1n) is 5.63. The number of carbonyl (C=O) groups excluding carboxylic acids is 1. The number of nitrogens with one attached hydrogen (secondary N) is 1. The van der Waals surface area contributed by atoms with E-state index in [1.54, 1.807) is 0 Å². The summed E-state index contributed by atoms with van der Waals surface area (Å²) in [4.78, 5) is 13.3. The Labute approximate surface area is 85.8 Å². The molecule has 1 aliphatic carbocycles. The van der Waals surface area contributed by atoms with Crippen molar-refractivity contribution in [1.82, 2.24) is 10.2 Å². The Balaban J connectivity index is 2.03. The first-order valence-corrected chi connectivity index (χ1v) is 5.63. The molecule has 14 heavy (non-hydrogen) atoms. The molecule has 2 rings (SSSR count). The quantitative estimate of drug-likeness (QED) is 0.682. The summed E-state index contributed by atoms with van der Waals surface area (Å²) >= 11 is 0. The van der Waals surface area contributed by atoms with E-state index >= 15 is 0 Å². The maximum Gasteiger partial charge on any atom is 0.317 e. The average Bonchev–Trinajstić information content (AvgIpc) is 2.42. The summed E-state index contributed by atoms with van der Waals surface area (Å²) in [5, 5.41) is 3.08. The fourth-order valence-electron chi connectivity index (χ4n) is 2.82. The fraction of sp³-hybridized carbons (Fsp3) is 0.909. The van der Waals surface area contributed by atoms with Gasteiger partial charge in [-0.1, -0.05) is 13.8 Å². The number of hydrogen-bond acceptors (Lipinski definition) is 1. The van der Waals surface area contributed by atoms with Gasteiger partial charge in [0.1, 0.15) is 0 Å². The van der Waals surface area contributed by atoms with Crippen LogP contribution in [0, 0.1) is 11.8 Å². The molecule has 3 unspecified atom stereocenters. The number of hydrogen-bond donors (Lipinski definition) is 1. The van der Waals surface area contributed by atoms with Crippen molar-refractivity contribution in [1.29, 1.82) is 0 Å². The Bertz CT molecular complexity index is 239. The topological polar surface area (TPSA) is 32.3 Å². The van der Waals surface area contributed by atoms with Crippen LogP contribution in [-0.2, 0) is 0 Å². The van der Waals surface area contributed by atoms with Gasteiger partial charge < -0.3 is 10.2 Å². The minimum absolute atomic E-state index is 0.115. The minimum atomic E-state index is 0.115. The van der Waals surface area contributed by atoms with Crippen molar-refractivity contribution >= 4 is 6.03 Å². The summed E-state index contributed by atoms with van der Waals surface area (Å²) in [6.45, 7) is 4.57. The van der Waals surface area contributed by atoms with E-state index in [0.29, 0.717) is 12.1 Å². The lowest BCUT2D eigenvalue weighted by atomic mass is 9.77. The maximum absolute atomic E-state index is 11.4. The number of rotatable bonds is 1. The lowest BCUT2D eigenvalue weighted by Crippen LogP contribution is -2.41. The van der Waals surface area contributed by atoms with Crippen molar-refractivity contribution in [2.75, 3.05) is 7.05 Å². The van der Waals surface area contributed by atoms with E-state index in [4.69, 9.17) is 0 Å². The summed E-state index contributed by atoms with van der Waals surface area (Å²) < 4.78 is 0. The molecule has 2 aliphatic rings. The highest BCUT2D eigenvalue weighted by Crippen LogP contribution is 2.34. The zero-order valence-electron chi connectivity index (χ0n) is 9.29. The van der Waals surface area contributed by atoms with Crippen LogP contribution in [0.2, 0.25) is 0 Å². The molecule has 2 fully saturated rings. The van der Waals surface area contributed by atoms with Crippen molar-refractivity contribution < 1.29 is 4.79 Å². The molecule has 1 heterocycles. The molecule has 1 aliphatic heterocycles. The lowest BCUT2D eigenvalue weighted by Gasteiger charge is -2.34. The molecule has 3 nitrogen and oxygen atoms in total. The van der Waals surface area contributed by atoms with Crippen LogP contribution in [0.15, 0.2) is 0 Å². The molecule has 3 heteroatoms. The molecule has 1 saturated heterocycles. The number of fused-ring (bicyclic) bond motifs is 1. The molecular weight excluding hydrogens is 176 g/mol. The predicted molar refractivity (Wildman–Crippen MR) is 56.0 cm³/mol. The Morgan fingerprint density at radius 2 is 2.14 bits per heavy atom. The summed E-state index contributed by atoms with van der Waals surface area (Å²) in [7, 11) is 1.91. The van der Waals surface area contributed by atoms with Crippen LogP contribution in [0.5, 0.6) is 0 Å². The van der Waals surface area contributed by atoms with E-state index in [1.807, 2.05) is 11.9 Å². The van der Waals surface area contributed by atoms with Crippen molar-refractivity contribution in [3.63, 3.8) is 0 Å². The Kier molecular flexibility index (Phi) is 2.41. The smallest absolute Gasteiger partial charge is 0.317 e. The highest BCUT2D eigenvalue weighted by molar-refractivity contribution is 5.77. The highest BCUT2D eigenvalue weighted by Gasteiger charge is 2.41. The van der Waals surface area contributed by atoms with Gasteiger partial charge in [-0.15, -0.1) is 0 Å². The third-order valence-corrected chi connectivity index (χ3v) is 3.92. The summed E-state index contributed by atoms with van der Waals surface area (Å²) in [5.74, 6) is 1.54. The Hall–Kier alpha value is -0.730. The molecule has 1 saturated carbocycles. The van der Waals surface area contributed by atoms with Crippen molar-refractivity contribution in [3.8, 4) is 0 Å². The van der Waals surface area contributed by atoms with E-state index in [2.05, 4.69) is 19.2 Å². The third kappa shape index (κ3) is 1.49. The third-order valence-electron chi connectivity index (χ3n) is 3.92. The Morgan fingerprint density at radius 1 is 1.43 bits per heavy atom. The molecule has 1 N–H and O–H groups in total. The first-order chi connectivity index (χ1) is 6.59. The number of likely N-dealkylation sites (N-methyl/N-ethyl adjacent to an activating group) is 1. The second-order valence-electron chi connectivity index (χ2n) is 5.05. The SMILES string of the molecule is CC(C)C1CCC2C(C1)NC(=O)N2C. The van der Waals surface area contributed by atoms with Crippen LogP contribution in [0.25, 0.3) is 0 Å². The van der Waals surface area contributed by atoms with E-state index in [9.17, 15) is 4.79 Å². The first kappa shape index (κ1) is 9.81. The van der Waals surface area contributed by atoms with E-state index in [1.165, 1.54) is 19.3 Å². The lowest BCUT2D eigenvalue weighted by molar-refractivity contribution is 0.177. The summed E-state index contributed by atoms with van der Waals surface area (Å²) in [6, 6.07) is 0.982. The molecule has 3 atom stereocenters. The maximum atomic E-state index is 11.4. The number of urea groups is 1. The zero-order chi connectivity index (χ0) is 10.3. The van der Waals surface area contributed by atoms with Crippen LogP contribution < -0.4 is 5.32 Å². The largest absolute Gasteiger partial charge is 0.333 e. The van der Waals surface area contributed by atoms with E-state index in [-0.39, 0.29) is 6.03 Å². The fourth-order valence-corrected chi connectivity index (χ4v) is 2.82. The molecule has 0 spiro atoms. The van der Waals surface area contributed by atoms with E-state index in [0.717, 1.165) is 11.8 Å². The van der Waals surface area contributed by atoms with Crippen molar-refractivity contribution in [2.24, 2.45) is 11.8 Å². The van der Waals surface area contributed by atoms with Crippen molar-refractivity contribution in [2.45, 2.75) is 45.2 Å². The van der Waals surface area contributed by atoms with E-state index < -0.39 is 0 Å². The molecule has 0 aromatic heterocycles. The van der Waals surface area contributed by atoms with Gasteiger partial charge in [-0.25, -0.2) is 4.79 Å². The van der Waals surface area contributed by atoms with Gasteiger partial charge >= 0.3 is 6.03 Å². The van der Waals surface area contributed by atoms with Crippen LogP contribution in [0.1, 0.15) is 33.1 Å². The molecule has 2 amide bonds. The minimum Gasteiger partial charge on any atom is -0.333 e. The summed E-state index contributed by atoms with van der Waals surface area (Å²) in [5.41, 5.74) is 0. The highest BCUT2D eigenvalue weighted by atomic mass is 16.2. The average molecular weight is 196 g/mol. The van der Waals surface area contributed by atoms with Gasteiger partial charge in [0.2, 0.25) is 0 Å². The van der Waals surface area contributed by atoms with Gasteiger partial charge in [-0.3, -0.25) is 0 Å². The number of carbonyl (C=O) groups is 1. The standard InChI is InChI=1S/C11H20N2O/c1-7(2)8-4-5-10-9(6-8)12-11(14)13(10)3/h7-10H,4-6H2,1-3H3,(H,12,14). The Morgan fingerprint density at radius 3 is 2.79 bits per heavy atom.